The number of H-pyrrole nitrogens is 1. The first kappa shape index (κ1) is 24.6. The molecular weight excluding hydrogens is 442 g/mol. The molecule has 3 amide bonds. The molecule has 0 radical (unpaired) electrons. The Morgan fingerprint density at radius 1 is 1.27 bits per heavy atom. The topological polar surface area (TPSA) is 127 Å². The van der Waals surface area contributed by atoms with E-state index in [1.807, 2.05) is 26.8 Å². The molecule has 3 unspecified atom stereocenters. The van der Waals surface area contributed by atoms with E-state index in [9.17, 15) is 19.6 Å². The molecule has 8 nitrogen and oxygen atoms in total. The number of nitrogens with one attached hydrogen (secondary N) is 4. The minimum atomic E-state index is -0.844. The second-order valence-corrected chi connectivity index (χ2v) is 10.2. The van der Waals surface area contributed by atoms with Crippen LogP contribution in [0.2, 0.25) is 5.02 Å². The summed E-state index contributed by atoms with van der Waals surface area (Å²) >= 11 is 6.02. The van der Waals surface area contributed by atoms with E-state index >= 15 is 0 Å². The molecule has 1 fully saturated rings. The molecule has 0 bridgehead atoms. The van der Waals surface area contributed by atoms with E-state index in [1.54, 1.807) is 18.2 Å². The van der Waals surface area contributed by atoms with E-state index < -0.39 is 23.9 Å². The molecule has 0 spiro atoms. The molecule has 2 heterocycles. The van der Waals surface area contributed by atoms with Crippen molar-refractivity contribution in [3.8, 4) is 6.07 Å². The van der Waals surface area contributed by atoms with Gasteiger partial charge in [0.05, 0.1) is 6.07 Å². The number of nitrogens with zero attached hydrogens (tertiary/aromatic N) is 1. The van der Waals surface area contributed by atoms with Crippen molar-refractivity contribution in [2.45, 2.75) is 58.5 Å². The largest absolute Gasteiger partial charge is 0.356 e. The lowest BCUT2D eigenvalue weighted by Crippen LogP contribution is -2.51. The fraction of sp³-hybridized carbons (Fsp3) is 0.500. The van der Waals surface area contributed by atoms with Crippen molar-refractivity contribution in [3.63, 3.8) is 0 Å². The Morgan fingerprint density at radius 3 is 2.70 bits per heavy atom. The van der Waals surface area contributed by atoms with Crippen molar-refractivity contribution in [1.29, 1.82) is 5.26 Å². The van der Waals surface area contributed by atoms with E-state index in [4.69, 9.17) is 11.6 Å². The average molecular weight is 472 g/mol. The van der Waals surface area contributed by atoms with Crippen LogP contribution < -0.4 is 16.0 Å². The van der Waals surface area contributed by atoms with Crippen LogP contribution in [-0.4, -0.2) is 41.3 Å². The molecule has 9 heteroatoms. The second kappa shape index (κ2) is 10.3. The van der Waals surface area contributed by atoms with Gasteiger partial charge in [-0.15, -0.1) is 0 Å². The third-order valence-electron chi connectivity index (χ3n) is 5.66. The van der Waals surface area contributed by atoms with Gasteiger partial charge in [-0.3, -0.25) is 14.4 Å². The van der Waals surface area contributed by atoms with Crippen LogP contribution in [0.1, 0.15) is 56.9 Å². The molecule has 176 valence electrons. The molecule has 4 N–H and O–H groups in total. The van der Waals surface area contributed by atoms with Crippen molar-refractivity contribution in [1.82, 2.24) is 20.9 Å². The van der Waals surface area contributed by atoms with Crippen LogP contribution in [0.25, 0.3) is 10.9 Å². The molecule has 1 aliphatic rings. The zero-order valence-corrected chi connectivity index (χ0v) is 19.9. The van der Waals surface area contributed by atoms with Crippen LogP contribution in [-0.2, 0) is 9.59 Å². The lowest BCUT2D eigenvalue weighted by atomic mass is 9.87. The van der Waals surface area contributed by atoms with E-state index in [1.165, 1.54) is 0 Å². The number of piperidine rings is 1. The Kier molecular flexibility index (Phi) is 7.65. The quantitative estimate of drug-likeness (QED) is 0.494. The number of hydrogen-bond donors (Lipinski definition) is 4. The van der Waals surface area contributed by atoms with Crippen LogP contribution >= 0.6 is 11.6 Å². The van der Waals surface area contributed by atoms with Crippen LogP contribution in [0, 0.1) is 22.7 Å². The maximum atomic E-state index is 13.1. The molecule has 1 aromatic heterocycles. The highest BCUT2D eigenvalue weighted by Gasteiger charge is 2.31. The fourth-order valence-electron chi connectivity index (χ4n) is 4.04. The maximum absolute atomic E-state index is 13.1. The third-order valence-corrected chi connectivity index (χ3v) is 5.89. The summed E-state index contributed by atoms with van der Waals surface area (Å²) in [4.78, 5) is 41.1. The van der Waals surface area contributed by atoms with E-state index in [0.29, 0.717) is 30.1 Å². The molecule has 1 aliphatic heterocycles. The summed E-state index contributed by atoms with van der Waals surface area (Å²) < 4.78 is 0. The number of amides is 3. The Bertz CT molecular complexity index is 1080. The van der Waals surface area contributed by atoms with Crippen molar-refractivity contribution >= 4 is 40.2 Å². The van der Waals surface area contributed by atoms with Crippen LogP contribution in [0.5, 0.6) is 0 Å². The number of carbonyl (C=O) groups excluding carboxylic acids is 3. The number of carbonyl (C=O) groups is 3. The Labute approximate surface area is 198 Å². The summed E-state index contributed by atoms with van der Waals surface area (Å²) in [6, 6.07) is 7.40. The zero-order valence-electron chi connectivity index (χ0n) is 19.1. The second-order valence-electron chi connectivity index (χ2n) is 9.76. The highest BCUT2D eigenvalue weighted by atomic mass is 35.5. The average Bonchev–Trinajstić information content (AvgIpc) is 3.16. The molecular formula is C24H30ClN5O3. The third kappa shape index (κ3) is 6.72. The molecule has 2 aromatic rings. The monoisotopic (exact) mass is 471 g/mol. The van der Waals surface area contributed by atoms with Gasteiger partial charge in [0.1, 0.15) is 17.8 Å². The normalized spacial score (nSPS) is 18.2. The Balaban J connectivity index is 1.72. The minimum absolute atomic E-state index is 0.0887. The van der Waals surface area contributed by atoms with Crippen LogP contribution in [0.4, 0.5) is 0 Å². The summed E-state index contributed by atoms with van der Waals surface area (Å²) in [5.41, 5.74) is 0.781. The molecule has 0 aliphatic carbocycles. The van der Waals surface area contributed by atoms with E-state index in [-0.39, 0.29) is 23.7 Å². The highest BCUT2D eigenvalue weighted by molar-refractivity contribution is 6.31. The van der Waals surface area contributed by atoms with Gasteiger partial charge in [-0.1, -0.05) is 38.4 Å². The first-order valence-corrected chi connectivity index (χ1v) is 11.5. The summed E-state index contributed by atoms with van der Waals surface area (Å²) in [5, 5.41) is 19.3. The SMILES string of the molecule is CC(C)(C)CC(NC(=O)c1cc2ccc(Cl)cc2[nH]1)C(=O)NC(C#N)CC1CCCNC1=O. The van der Waals surface area contributed by atoms with Gasteiger partial charge < -0.3 is 20.9 Å². The number of nitriles is 1. The van der Waals surface area contributed by atoms with E-state index in [2.05, 4.69) is 27.0 Å². The number of halogens is 1. The molecule has 0 saturated carbocycles. The predicted octanol–water partition coefficient (Wildman–Crippen LogP) is 3.28. The lowest BCUT2D eigenvalue weighted by Gasteiger charge is -2.28. The van der Waals surface area contributed by atoms with Crippen molar-refractivity contribution in [3.05, 3.63) is 35.0 Å². The molecule has 1 saturated heterocycles. The Hall–Kier alpha value is -3.05. The van der Waals surface area contributed by atoms with Gasteiger partial charge in [-0.2, -0.15) is 5.26 Å². The lowest BCUT2D eigenvalue weighted by molar-refractivity contribution is -0.128. The van der Waals surface area contributed by atoms with Gasteiger partial charge in [0.2, 0.25) is 11.8 Å². The molecule has 3 rings (SSSR count). The van der Waals surface area contributed by atoms with Crippen molar-refractivity contribution in [2.24, 2.45) is 11.3 Å². The number of aromatic amines is 1. The first-order chi connectivity index (χ1) is 15.6. The zero-order chi connectivity index (χ0) is 24.2. The van der Waals surface area contributed by atoms with Crippen molar-refractivity contribution in [2.75, 3.05) is 6.54 Å². The van der Waals surface area contributed by atoms with Gasteiger partial charge in [0.15, 0.2) is 0 Å². The molecule has 1 aromatic carbocycles. The first-order valence-electron chi connectivity index (χ1n) is 11.1. The van der Waals surface area contributed by atoms with Gasteiger partial charge in [-0.05, 0) is 49.3 Å². The Morgan fingerprint density at radius 2 is 2.03 bits per heavy atom. The van der Waals surface area contributed by atoms with Crippen LogP contribution in [0.15, 0.2) is 24.3 Å². The van der Waals surface area contributed by atoms with Gasteiger partial charge in [0, 0.05) is 28.4 Å². The smallest absolute Gasteiger partial charge is 0.268 e. The highest BCUT2D eigenvalue weighted by Crippen LogP contribution is 2.23. The number of fused-ring (bicyclic) bond motifs is 1. The number of benzene rings is 1. The van der Waals surface area contributed by atoms with Crippen molar-refractivity contribution < 1.29 is 14.4 Å². The summed E-state index contributed by atoms with van der Waals surface area (Å²) in [6.45, 7) is 6.55. The number of rotatable bonds is 7. The standard InChI is InChI=1S/C24H30ClN5O3/c1-24(2,3)12-20(23(33)28-17(13-26)9-15-5-4-8-27-21(15)31)30-22(32)19-10-14-6-7-16(25)11-18(14)29-19/h6-7,10-11,15,17,20,29H,4-5,8-9,12H2,1-3H3,(H,27,31)(H,28,33)(H,30,32). The van der Waals surface area contributed by atoms with Gasteiger partial charge in [-0.25, -0.2) is 0 Å². The van der Waals surface area contributed by atoms with Gasteiger partial charge in [0.25, 0.3) is 5.91 Å². The fourth-order valence-corrected chi connectivity index (χ4v) is 4.21. The van der Waals surface area contributed by atoms with Crippen LogP contribution in [0.3, 0.4) is 0 Å². The van der Waals surface area contributed by atoms with E-state index in [0.717, 1.165) is 17.3 Å². The predicted molar refractivity (Wildman–Crippen MR) is 127 cm³/mol. The molecule has 33 heavy (non-hydrogen) atoms. The maximum Gasteiger partial charge on any atom is 0.268 e. The summed E-state index contributed by atoms with van der Waals surface area (Å²) in [7, 11) is 0. The number of aromatic nitrogens is 1. The molecule has 3 atom stereocenters. The minimum Gasteiger partial charge on any atom is -0.356 e. The number of hydrogen-bond acceptors (Lipinski definition) is 4. The summed E-state index contributed by atoms with van der Waals surface area (Å²) in [5.74, 6) is -1.26. The summed E-state index contributed by atoms with van der Waals surface area (Å²) in [6.07, 6.45) is 2.15. The van der Waals surface area contributed by atoms with Gasteiger partial charge >= 0.3 is 0 Å².